The van der Waals surface area contributed by atoms with Gasteiger partial charge in [0, 0.05) is 51.4 Å². The van der Waals surface area contributed by atoms with E-state index >= 15 is 0 Å². The third-order valence-corrected chi connectivity index (χ3v) is 6.62. The second-order valence-corrected chi connectivity index (χ2v) is 10.6. The average molecular weight is 555 g/mol. The zero-order valence-corrected chi connectivity index (χ0v) is 25.1. The summed E-state index contributed by atoms with van der Waals surface area (Å²) in [6.07, 6.45) is 34.1. The number of allylic oxidation sites excluding steroid dienone is 8. The Balaban J connectivity index is 3.57. The van der Waals surface area contributed by atoms with Gasteiger partial charge in [-0.25, -0.2) is 0 Å². The summed E-state index contributed by atoms with van der Waals surface area (Å²) in [7, 11) is 0. The van der Waals surface area contributed by atoms with Gasteiger partial charge in [-0.2, -0.15) is 0 Å². The predicted octanol–water partition coefficient (Wildman–Crippen LogP) is 8.90. The van der Waals surface area contributed by atoms with Crippen LogP contribution in [0.25, 0.3) is 0 Å². The molecular formula is C35H54O5. The van der Waals surface area contributed by atoms with E-state index in [1.54, 1.807) is 6.92 Å². The molecule has 0 aliphatic rings. The van der Waals surface area contributed by atoms with Crippen LogP contribution in [-0.2, 0) is 24.0 Å². The third-order valence-electron chi connectivity index (χ3n) is 6.62. The summed E-state index contributed by atoms with van der Waals surface area (Å²) in [6.45, 7) is 1.54. The van der Waals surface area contributed by atoms with E-state index in [4.69, 9.17) is 0 Å². The molecule has 0 aromatic rings. The highest BCUT2D eigenvalue weighted by Crippen LogP contribution is 2.11. The first kappa shape index (κ1) is 37.3. The van der Waals surface area contributed by atoms with Crippen molar-refractivity contribution in [1.82, 2.24) is 0 Å². The summed E-state index contributed by atoms with van der Waals surface area (Å²) >= 11 is 0. The van der Waals surface area contributed by atoms with Gasteiger partial charge >= 0.3 is 0 Å². The van der Waals surface area contributed by atoms with Gasteiger partial charge < -0.3 is 9.59 Å². The molecule has 0 saturated heterocycles. The molecule has 5 heteroatoms. The summed E-state index contributed by atoms with van der Waals surface area (Å²) < 4.78 is 0. The molecule has 0 heterocycles. The van der Waals surface area contributed by atoms with Crippen LogP contribution in [0.2, 0.25) is 0 Å². The molecule has 0 fully saturated rings. The van der Waals surface area contributed by atoms with Gasteiger partial charge in [-0.3, -0.25) is 14.4 Å². The molecule has 0 saturated carbocycles. The molecule has 0 bridgehead atoms. The van der Waals surface area contributed by atoms with Gasteiger partial charge in [-0.15, -0.1) is 0 Å². The zero-order valence-electron chi connectivity index (χ0n) is 25.1. The molecule has 0 aromatic heterocycles. The lowest BCUT2D eigenvalue weighted by Gasteiger charge is -2.01. The number of carbonyl (C=O) groups is 5. The SMILES string of the molecule is CC(=O)CCCC(=O)CC=CCCC(=O)CCCC=CC=CC=CCCCCCCC(=O)CCCCCCC=O. The number of ketones is 4. The van der Waals surface area contributed by atoms with Crippen molar-refractivity contribution in [1.29, 1.82) is 0 Å². The second-order valence-electron chi connectivity index (χ2n) is 10.6. The normalized spacial score (nSPS) is 11.8. The first-order valence-electron chi connectivity index (χ1n) is 15.6. The van der Waals surface area contributed by atoms with Gasteiger partial charge in [-0.05, 0) is 64.7 Å². The molecule has 5 nitrogen and oxygen atoms in total. The molecule has 0 aliphatic heterocycles. The number of Topliss-reactive ketones (excluding diaryl/α,β-unsaturated/α-hetero) is 4. The third kappa shape index (κ3) is 29.9. The lowest BCUT2D eigenvalue weighted by Crippen LogP contribution is -1.98. The van der Waals surface area contributed by atoms with Crippen LogP contribution in [0, 0.1) is 0 Å². The molecule has 40 heavy (non-hydrogen) atoms. The molecule has 0 amide bonds. The highest BCUT2D eigenvalue weighted by atomic mass is 16.1. The van der Waals surface area contributed by atoms with E-state index < -0.39 is 0 Å². The van der Waals surface area contributed by atoms with Crippen LogP contribution >= 0.6 is 0 Å². The van der Waals surface area contributed by atoms with E-state index in [2.05, 4.69) is 18.2 Å². The minimum atomic E-state index is 0.120. The van der Waals surface area contributed by atoms with E-state index in [-0.39, 0.29) is 17.3 Å². The van der Waals surface area contributed by atoms with Gasteiger partial charge in [0.1, 0.15) is 29.4 Å². The Hall–Kier alpha value is -2.69. The van der Waals surface area contributed by atoms with E-state index in [1.165, 1.54) is 0 Å². The zero-order chi connectivity index (χ0) is 29.5. The largest absolute Gasteiger partial charge is 0.303 e. The number of hydrogen-bond acceptors (Lipinski definition) is 5. The van der Waals surface area contributed by atoms with Crippen molar-refractivity contribution < 1.29 is 24.0 Å². The van der Waals surface area contributed by atoms with Crippen LogP contribution in [0.4, 0.5) is 0 Å². The van der Waals surface area contributed by atoms with Crippen LogP contribution < -0.4 is 0 Å². The van der Waals surface area contributed by atoms with Crippen molar-refractivity contribution in [3.05, 3.63) is 48.6 Å². The number of aldehydes is 1. The van der Waals surface area contributed by atoms with E-state index in [0.717, 1.165) is 76.9 Å². The molecule has 0 unspecified atom stereocenters. The lowest BCUT2D eigenvalue weighted by atomic mass is 10.0. The Morgan fingerprint density at radius 2 is 0.950 bits per heavy atom. The van der Waals surface area contributed by atoms with Crippen molar-refractivity contribution >= 4 is 29.4 Å². The molecule has 224 valence electrons. The Morgan fingerprint density at radius 1 is 0.425 bits per heavy atom. The van der Waals surface area contributed by atoms with Crippen LogP contribution in [0.5, 0.6) is 0 Å². The molecule has 0 atom stereocenters. The highest BCUT2D eigenvalue weighted by molar-refractivity contribution is 5.81. The Labute approximate surface area is 243 Å². The summed E-state index contributed by atoms with van der Waals surface area (Å²) in [5.41, 5.74) is 0. The van der Waals surface area contributed by atoms with Crippen LogP contribution in [0.15, 0.2) is 48.6 Å². The van der Waals surface area contributed by atoms with Crippen LogP contribution in [-0.4, -0.2) is 29.4 Å². The minimum absolute atomic E-state index is 0.120. The topological polar surface area (TPSA) is 85.3 Å². The monoisotopic (exact) mass is 554 g/mol. The predicted molar refractivity (Wildman–Crippen MR) is 165 cm³/mol. The maximum atomic E-state index is 12.0. The molecule has 0 spiro atoms. The summed E-state index contributed by atoms with van der Waals surface area (Å²) in [6, 6.07) is 0. The van der Waals surface area contributed by atoms with Crippen LogP contribution in [0.3, 0.4) is 0 Å². The fourth-order valence-corrected chi connectivity index (χ4v) is 4.20. The number of hydrogen-bond donors (Lipinski definition) is 0. The van der Waals surface area contributed by atoms with Gasteiger partial charge in [0.05, 0.1) is 0 Å². The van der Waals surface area contributed by atoms with Gasteiger partial charge in [-0.1, -0.05) is 74.3 Å². The van der Waals surface area contributed by atoms with E-state index in [0.29, 0.717) is 70.0 Å². The fourth-order valence-electron chi connectivity index (χ4n) is 4.20. The van der Waals surface area contributed by atoms with Crippen LogP contribution in [0.1, 0.15) is 142 Å². The number of unbranched alkanes of at least 4 members (excludes halogenated alkanes) is 9. The molecule has 0 N–H and O–H groups in total. The van der Waals surface area contributed by atoms with Crippen molar-refractivity contribution in [3.63, 3.8) is 0 Å². The molecule has 0 aliphatic carbocycles. The number of rotatable bonds is 29. The fraction of sp³-hybridized carbons (Fsp3) is 0.629. The minimum Gasteiger partial charge on any atom is -0.303 e. The van der Waals surface area contributed by atoms with E-state index in [1.807, 2.05) is 30.4 Å². The Kier molecular flexibility index (Phi) is 27.3. The Morgan fingerprint density at radius 3 is 1.57 bits per heavy atom. The van der Waals surface area contributed by atoms with Crippen molar-refractivity contribution in [2.45, 2.75) is 142 Å². The summed E-state index contributed by atoms with van der Waals surface area (Å²) in [5, 5.41) is 0. The smallest absolute Gasteiger partial charge is 0.136 e. The quantitative estimate of drug-likeness (QED) is 0.0399. The maximum absolute atomic E-state index is 12.0. The van der Waals surface area contributed by atoms with Crippen molar-refractivity contribution in [3.8, 4) is 0 Å². The summed E-state index contributed by atoms with van der Waals surface area (Å²) in [5.74, 6) is 0.903. The Bertz CT molecular complexity index is 816. The first-order valence-corrected chi connectivity index (χ1v) is 15.6. The van der Waals surface area contributed by atoms with E-state index in [9.17, 15) is 24.0 Å². The van der Waals surface area contributed by atoms with Gasteiger partial charge in [0.15, 0.2) is 0 Å². The number of carbonyl (C=O) groups excluding carboxylic acids is 5. The highest BCUT2D eigenvalue weighted by Gasteiger charge is 2.03. The standard InChI is InChI=1S/C35H54O5/c1-32(37)24-23-30-35(40)29-21-16-20-28-34(39)26-18-13-10-8-6-4-2-3-5-7-9-12-17-25-33(38)27-19-14-11-15-22-31-36/h2-4,6,8,10,16,21,31H,5,7,9,11-15,17-20,22-30H2,1H3. The van der Waals surface area contributed by atoms with Crippen molar-refractivity contribution in [2.24, 2.45) is 0 Å². The second kappa shape index (κ2) is 29.3. The molecular weight excluding hydrogens is 500 g/mol. The molecule has 0 rings (SSSR count). The van der Waals surface area contributed by atoms with Gasteiger partial charge in [0.2, 0.25) is 0 Å². The molecule has 0 radical (unpaired) electrons. The first-order chi connectivity index (χ1) is 19.5. The molecule has 0 aromatic carbocycles. The van der Waals surface area contributed by atoms with Crippen molar-refractivity contribution in [2.75, 3.05) is 0 Å². The lowest BCUT2D eigenvalue weighted by molar-refractivity contribution is -0.120. The van der Waals surface area contributed by atoms with Gasteiger partial charge in [0.25, 0.3) is 0 Å². The summed E-state index contributed by atoms with van der Waals surface area (Å²) in [4.78, 5) is 56.7. The maximum Gasteiger partial charge on any atom is 0.136 e. The average Bonchev–Trinajstić information content (AvgIpc) is 2.92.